The van der Waals surface area contributed by atoms with Crippen molar-refractivity contribution in [1.29, 1.82) is 0 Å². The van der Waals surface area contributed by atoms with Gasteiger partial charge in [-0.25, -0.2) is 0 Å². The summed E-state index contributed by atoms with van der Waals surface area (Å²) in [5.41, 5.74) is 1.46. The molecule has 0 amide bonds. The predicted octanol–water partition coefficient (Wildman–Crippen LogP) is 3.03. The number of halogens is 1. The van der Waals surface area contributed by atoms with Crippen LogP contribution in [-0.2, 0) is 6.42 Å². The summed E-state index contributed by atoms with van der Waals surface area (Å²) in [4.78, 5) is 4.06. The molecule has 100 valence electrons. The monoisotopic (exact) mass is 302 g/mol. The van der Waals surface area contributed by atoms with E-state index in [1.165, 1.54) is 54.4 Å². The van der Waals surface area contributed by atoms with Crippen LogP contribution in [0.2, 0.25) is 4.34 Å². The molecule has 0 radical (unpaired) electrons. The maximum Gasteiger partial charge on any atom is 0.0934 e. The number of rotatable bonds is 4. The highest BCUT2D eigenvalue weighted by Crippen LogP contribution is 2.39. The molecular formula is C13H19ClN2S2. The molecule has 1 N–H and O–H groups in total. The summed E-state index contributed by atoms with van der Waals surface area (Å²) >= 11 is 9.91. The highest BCUT2D eigenvalue weighted by Gasteiger charge is 2.24. The molecule has 1 atom stereocenters. The smallest absolute Gasteiger partial charge is 0.0934 e. The third-order valence-corrected chi connectivity index (χ3v) is 6.05. The van der Waals surface area contributed by atoms with Gasteiger partial charge in [-0.05, 0) is 24.5 Å². The Hall–Kier alpha value is 0.260. The second-order valence-electron chi connectivity index (χ2n) is 4.93. The van der Waals surface area contributed by atoms with Crippen LogP contribution >= 0.6 is 34.7 Å². The van der Waals surface area contributed by atoms with Crippen molar-refractivity contribution in [2.24, 2.45) is 0 Å². The second-order valence-corrected chi connectivity index (χ2v) is 7.92. The van der Waals surface area contributed by atoms with Gasteiger partial charge in [0.15, 0.2) is 0 Å². The number of hydrogen-bond acceptors (Lipinski definition) is 4. The highest BCUT2D eigenvalue weighted by molar-refractivity contribution is 7.99. The summed E-state index contributed by atoms with van der Waals surface area (Å²) in [6.45, 7) is 4.80. The first-order chi connectivity index (χ1) is 8.83. The number of nitrogens with zero attached hydrogens (tertiary/aromatic N) is 1. The molecule has 1 aromatic heterocycles. The Bertz CT molecular complexity index is 402. The minimum atomic E-state index is 0.544. The molecule has 1 fully saturated rings. The highest BCUT2D eigenvalue weighted by atomic mass is 35.5. The molecule has 0 bridgehead atoms. The Morgan fingerprint density at radius 2 is 2.22 bits per heavy atom. The summed E-state index contributed by atoms with van der Waals surface area (Å²) < 4.78 is 0.944. The quantitative estimate of drug-likeness (QED) is 0.920. The average Bonchev–Trinajstić information content (AvgIpc) is 2.91. The van der Waals surface area contributed by atoms with Gasteiger partial charge in [-0.1, -0.05) is 11.6 Å². The Morgan fingerprint density at radius 1 is 1.39 bits per heavy atom. The van der Waals surface area contributed by atoms with Crippen molar-refractivity contribution >= 4 is 34.7 Å². The molecule has 0 spiro atoms. The van der Waals surface area contributed by atoms with Crippen molar-refractivity contribution < 1.29 is 0 Å². The second kappa shape index (κ2) is 6.14. The van der Waals surface area contributed by atoms with Crippen LogP contribution in [0.15, 0.2) is 6.07 Å². The Labute approximate surface area is 122 Å². The molecule has 1 aliphatic heterocycles. The first-order valence-electron chi connectivity index (χ1n) is 6.64. The zero-order chi connectivity index (χ0) is 12.4. The third-order valence-electron chi connectivity index (χ3n) is 3.77. The van der Waals surface area contributed by atoms with E-state index in [0.29, 0.717) is 6.04 Å². The van der Waals surface area contributed by atoms with E-state index in [0.717, 1.165) is 10.9 Å². The lowest BCUT2D eigenvalue weighted by atomic mass is 10.2. The summed E-state index contributed by atoms with van der Waals surface area (Å²) in [6, 6.07) is 2.70. The van der Waals surface area contributed by atoms with Crippen molar-refractivity contribution in [1.82, 2.24) is 10.2 Å². The largest absolute Gasteiger partial charge is 0.309 e. The standard InChI is InChI=1S/C13H19ClN2S2/c14-13-9-10-11(1-2-12(10)18-13)15-3-4-16-5-7-17-8-6-16/h9,11,15H,1-8H2. The number of fused-ring (bicyclic) bond motifs is 1. The van der Waals surface area contributed by atoms with Crippen LogP contribution in [0.25, 0.3) is 0 Å². The molecule has 2 nitrogen and oxygen atoms in total. The minimum absolute atomic E-state index is 0.544. The van der Waals surface area contributed by atoms with Crippen LogP contribution in [0.3, 0.4) is 0 Å². The van der Waals surface area contributed by atoms with Crippen molar-refractivity contribution in [2.75, 3.05) is 37.7 Å². The molecule has 1 unspecified atom stereocenters. The van der Waals surface area contributed by atoms with Crippen LogP contribution in [0.1, 0.15) is 22.9 Å². The molecule has 1 aromatic rings. The Morgan fingerprint density at radius 3 is 3.06 bits per heavy atom. The summed E-state index contributed by atoms with van der Waals surface area (Å²) in [7, 11) is 0. The molecule has 18 heavy (non-hydrogen) atoms. The zero-order valence-corrected chi connectivity index (χ0v) is 12.8. The number of hydrogen-bond donors (Lipinski definition) is 1. The summed E-state index contributed by atoms with van der Waals surface area (Å²) in [6.07, 6.45) is 2.44. The van der Waals surface area contributed by atoms with E-state index in [-0.39, 0.29) is 0 Å². The van der Waals surface area contributed by atoms with Gasteiger partial charge in [-0.3, -0.25) is 0 Å². The lowest BCUT2D eigenvalue weighted by Gasteiger charge is -2.26. The normalized spacial score (nSPS) is 24.4. The lowest BCUT2D eigenvalue weighted by molar-refractivity contribution is 0.295. The van der Waals surface area contributed by atoms with Gasteiger partial charge in [0.1, 0.15) is 0 Å². The minimum Gasteiger partial charge on any atom is -0.309 e. The molecule has 3 rings (SSSR count). The van der Waals surface area contributed by atoms with Crippen molar-refractivity contribution in [2.45, 2.75) is 18.9 Å². The predicted molar refractivity (Wildman–Crippen MR) is 82.2 cm³/mol. The van der Waals surface area contributed by atoms with E-state index in [9.17, 15) is 0 Å². The van der Waals surface area contributed by atoms with Crippen LogP contribution in [-0.4, -0.2) is 42.6 Å². The Kier molecular flexibility index (Phi) is 4.52. The van der Waals surface area contributed by atoms with Gasteiger partial charge in [0.05, 0.1) is 4.34 Å². The molecule has 1 aliphatic carbocycles. The molecule has 0 aromatic carbocycles. The van der Waals surface area contributed by atoms with E-state index in [1.54, 1.807) is 11.3 Å². The van der Waals surface area contributed by atoms with Gasteiger partial charge in [0, 0.05) is 48.6 Å². The van der Waals surface area contributed by atoms with E-state index >= 15 is 0 Å². The lowest BCUT2D eigenvalue weighted by Crippen LogP contribution is -2.38. The number of nitrogens with one attached hydrogen (secondary N) is 1. The molecule has 5 heteroatoms. The van der Waals surface area contributed by atoms with Crippen molar-refractivity contribution in [3.05, 3.63) is 20.8 Å². The van der Waals surface area contributed by atoms with Gasteiger partial charge in [-0.15, -0.1) is 11.3 Å². The number of thioether (sulfide) groups is 1. The van der Waals surface area contributed by atoms with Crippen molar-refractivity contribution in [3.8, 4) is 0 Å². The summed E-state index contributed by atoms with van der Waals surface area (Å²) in [5.74, 6) is 2.60. The van der Waals surface area contributed by atoms with E-state index < -0.39 is 0 Å². The molecule has 0 saturated carbocycles. The zero-order valence-electron chi connectivity index (χ0n) is 10.5. The van der Waals surface area contributed by atoms with Gasteiger partial charge in [-0.2, -0.15) is 11.8 Å². The summed E-state index contributed by atoms with van der Waals surface area (Å²) in [5, 5.41) is 3.70. The van der Waals surface area contributed by atoms with Gasteiger partial charge < -0.3 is 10.2 Å². The molecular weight excluding hydrogens is 284 g/mol. The third kappa shape index (κ3) is 3.05. The van der Waals surface area contributed by atoms with Crippen molar-refractivity contribution in [3.63, 3.8) is 0 Å². The maximum absolute atomic E-state index is 6.08. The van der Waals surface area contributed by atoms with Crippen LogP contribution < -0.4 is 5.32 Å². The first-order valence-corrected chi connectivity index (χ1v) is 8.99. The molecule has 2 heterocycles. The number of aryl methyl sites for hydroxylation is 1. The topological polar surface area (TPSA) is 15.3 Å². The van der Waals surface area contributed by atoms with E-state index in [2.05, 4.69) is 28.0 Å². The van der Waals surface area contributed by atoms with Gasteiger partial charge >= 0.3 is 0 Å². The van der Waals surface area contributed by atoms with Crippen LogP contribution in [0.5, 0.6) is 0 Å². The molecule has 1 saturated heterocycles. The number of thiophene rings is 1. The fourth-order valence-corrected chi connectivity index (χ4v) is 5.10. The first kappa shape index (κ1) is 13.3. The average molecular weight is 303 g/mol. The SMILES string of the molecule is Clc1cc2c(s1)CCC2NCCN1CCSCC1. The fraction of sp³-hybridized carbons (Fsp3) is 0.692. The van der Waals surface area contributed by atoms with E-state index in [1.807, 2.05) is 0 Å². The fourth-order valence-electron chi connectivity index (χ4n) is 2.76. The Balaban J connectivity index is 1.46. The van der Waals surface area contributed by atoms with Crippen LogP contribution in [0, 0.1) is 0 Å². The van der Waals surface area contributed by atoms with Crippen LogP contribution in [0.4, 0.5) is 0 Å². The van der Waals surface area contributed by atoms with Gasteiger partial charge in [0.2, 0.25) is 0 Å². The molecule has 2 aliphatic rings. The van der Waals surface area contributed by atoms with E-state index in [4.69, 9.17) is 11.6 Å². The van der Waals surface area contributed by atoms with Gasteiger partial charge in [0.25, 0.3) is 0 Å². The maximum atomic E-state index is 6.08.